The van der Waals surface area contributed by atoms with Crippen LogP contribution in [-0.4, -0.2) is 36.9 Å². The van der Waals surface area contributed by atoms with Crippen molar-refractivity contribution >= 4 is 35.3 Å². The number of nitrogens with zero attached hydrogens (tertiary/aromatic N) is 1. The van der Waals surface area contributed by atoms with E-state index in [0.717, 1.165) is 0 Å². The van der Waals surface area contributed by atoms with Gasteiger partial charge < -0.3 is 19.9 Å². The van der Waals surface area contributed by atoms with Gasteiger partial charge >= 0.3 is 0 Å². The van der Waals surface area contributed by atoms with E-state index in [9.17, 15) is 14.7 Å². The third-order valence-corrected chi connectivity index (χ3v) is 3.99. The van der Waals surface area contributed by atoms with Gasteiger partial charge in [-0.1, -0.05) is 11.6 Å². The van der Waals surface area contributed by atoms with Gasteiger partial charge in [-0.3, -0.25) is 9.59 Å². The molecule has 3 N–H and O–H groups in total. The lowest BCUT2D eigenvalue weighted by Gasteiger charge is -2.08. The highest BCUT2D eigenvalue weighted by molar-refractivity contribution is 6.32. The number of phenolic OH excluding ortho intramolecular Hbond substituents is 1. The number of aromatic hydroxyl groups is 1. The molecule has 8 nitrogen and oxygen atoms in total. The van der Waals surface area contributed by atoms with Crippen LogP contribution in [0.5, 0.6) is 17.2 Å². The van der Waals surface area contributed by atoms with E-state index in [2.05, 4.69) is 15.8 Å². The third kappa shape index (κ3) is 7.00. The number of nitrogens with one attached hydrogen (secondary N) is 2. The largest absolute Gasteiger partial charge is 0.503 e. The highest BCUT2D eigenvalue weighted by Gasteiger charge is 2.09. The molecule has 2 aromatic carbocycles. The topological polar surface area (TPSA) is 109 Å². The maximum atomic E-state index is 11.9. The number of hydrazone groups is 1. The number of carbonyl (C=O) groups excluding carboxylic acids is 2. The Morgan fingerprint density at radius 3 is 2.52 bits per heavy atom. The van der Waals surface area contributed by atoms with Gasteiger partial charge in [0.25, 0.3) is 0 Å². The summed E-state index contributed by atoms with van der Waals surface area (Å²) in [4.78, 5) is 23.8. The van der Waals surface area contributed by atoms with Crippen molar-refractivity contribution in [1.82, 2.24) is 5.43 Å². The molecule has 0 saturated carbocycles. The van der Waals surface area contributed by atoms with Crippen LogP contribution in [-0.2, 0) is 9.59 Å². The molecule has 2 aromatic rings. The second-order valence-corrected chi connectivity index (χ2v) is 6.26. The first kappa shape index (κ1) is 22.0. The molecule has 0 saturated heterocycles. The van der Waals surface area contributed by atoms with Crippen molar-refractivity contribution in [2.24, 2.45) is 5.10 Å². The highest BCUT2D eigenvalue weighted by Crippen LogP contribution is 2.34. The first-order valence-electron chi connectivity index (χ1n) is 8.84. The minimum absolute atomic E-state index is 0.00685. The molecular weight excluding hydrogens is 398 g/mol. The molecule has 2 rings (SSSR count). The number of rotatable bonds is 9. The monoisotopic (exact) mass is 419 g/mol. The smallest absolute Gasteiger partial charge is 0.240 e. The molecule has 29 heavy (non-hydrogen) atoms. The number of phenols is 1. The zero-order valence-corrected chi connectivity index (χ0v) is 16.8. The Bertz CT molecular complexity index is 884. The molecule has 0 spiro atoms. The Hall–Kier alpha value is -3.26. The molecule has 9 heteroatoms. The number of benzene rings is 2. The molecule has 0 aliphatic carbocycles. The summed E-state index contributed by atoms with van der Waals surface area (Å²) in [7, 11) is 1.56. The van der Waals surface area contributed by atoms with E-state index < -0.39 is 5.91 Å². The third-order valence-electron chi connectivity index (χ3n) is 3.71. The van der Waals surface area contributed by atoms with E-state index >= 15 is 0 Å². The highest BCUT2D eigenvalue weighted by atomic mass is 35.5. The van der Waals surface area contributed by atoms with Crippen LogP contribution >= 0.6 is 11.6 Å². The number of hydrogen-bond donors (Lipinski definition) is 3. The molecule has 0 aliphatic heterocycles. The van der Waals surface area contributed by atoms with Crippen LogP contribution in [0.25, 0.3) is 0 Å². The van der Waals surface area contributed by atoms with Gasteiger partial charge in [0.05, 0.1) is 25.0 Å². The van der Waals surface area contributed by atoms with Crippen molar-refractivity contribution < 1.29 is 24.2 Å². The number of anilines is 1. The number of amides is 2. The fraction of sp³-hybridized carbons (Fsp3) is 0.250. The first-order chi connectivity index (χ1) is 13.9. The van der Waals surface area contributed by atoms with Crippen molar-refractivity contribution in [2.45, 2.75) is 19.8 Å². The molecule has 154 valence electrons. The fourth-order valence-electron chi connectivity index (χ4n) is 2.29. The molecule has 0 unspecified atom stereocenters. The zero-order chi connectivity index (χ0) is 21.2. The van der Waals surface area contributed by atoms with Gasteiger partial charge in [-0.15, -0.1) is 0 Å². The molecule has 0 radical (unpaired) electrons. The average molecular weight is 420 g/mol. The van der Waals surface area contributed by atoms with E-state index in [0.29, 0.717) is 23.6 Å². The van der Waals surface area contributed by atoms with Crippen LogP contribution < -0.4 is 20.2 Å². The molecule has 0 fully saturated rings. The molecular formula is C20H22ClN3O5. The second kappa shape index (κ2) is 10.9. The zero-order valence-electron chi connectivity index (χ0n) is 16.1. The molecule has 0 aromatic heterocycles. The average Bonchev–Trinajstić information content (AvgIpc) is 2.71. The minimum atomic E-state index is -0.416. The van der Waals surface area contributed by atoms with Crippen LogP contribution in [0.4, 0.5) is 5.69 Å². The van der Waals surface area contributed by atoms with Crippen molar-refractivity contribution in [3.63, 3.8) is 0 Å². The summed E-state index contributed by atoms with van der Waals surface area (Å²) in [5, 5.41) is 16.4. The quantitative estimate of drug-likeness (QED) is 0.426. The summed E-state index contributed by atoms with van der Waals surface area (Å²) >= 11 is 5.93. The first-order valence-corrected chi connectivity index (χ1v) is 9.21. The maximum Gasteiger partial charge on any atom is 0.240 e. The minimum Gasteiger partial charge on any atom is -0.503 e. The van der Waals surface area contributed by atoms with Gasteiger partial charge in [0.2, 0.25) is 11.8 Å². The fourth-order valence-corrected chi connectivity index (χ4v) is 2.51. The molecule has 2 amide bonds. The van der Waals surface area contributed by atoms with Gasteiger partial charge in [-0.25, -0.2) is 5.43 Å². The van der Waals surface area contributed by atoms with Crippen LogP contribution in [0, 0.1) is 0 Å². The second-order valence-electron chi connectivity index (χ2n) is 5.85. The summed E-state index contributed by atoms with van der Waals surface area (Å²) in [6, 6.07) is 9.90. The lowest BCUT2D eigenvalue weighted by Crippen LogP contribution is -2.20. The molecule has 0 aliphatic rings. The van der Waals surface area contributed by atoms with Crippen LogP contribution in [0.15, 0.2) is 41.5 Å². The number of ether oxygens (including phenoxy) is 2. The number of hydrogen-bond acceptors (Lipinski definition) is 6. The standard InChI is InChI=1S/C20H22ClN3O5/c1-3-29-17-11-13(10-16(21)20(17)27)12-22-24-19(26)9-8-18(25)23-14-4-6-15(28-2)7-5-14/h4-7,10-12,27H,3,8-9H2,1-2H3,(H,23,25)(H,24,26). The Balaban J connectivity index is 1.81. The van der Waals surface area contributed by atoms with E-state index in [-0.39, 0.29) is 35.3 Å². The summed E-state index contributed by atoms with van der Waals surface area (Å²) in [6.07, 6.45) is 1.34. The maximum absolute atomic E-state index is 11.9. The summed E-state index contributed by atoms with van der Waals surface area (Å²) in [6.45, 7) is 2.14. The van der Waals surface area contributed by atoms with Crippen LogP contribution in [0.1, 0.15) is 25.3 Å². The Morgan fingerprint density at radius 1 is 1.17 bits per heavy atom. The Labute approximate surface area is 173 Å². The van der Waals surface area contributed by atoms with Crippen LogP contribution in [0.3, 0.4) is 0 Å². The SMILES string of the molecule is CCOc1cc(C=NNC(=O)CCC(=O)Nc2ccc(OC)cc2)cc(Cl)c1O. The van der Waals surface area contributed by atoms with Gasteiger partial charge in [0, 0.05) is 18.5 Å². The van der Waals surface area contributed by atoms with Crippen molar-refractivity contribution in [2.75, 3.05) is 19.0 Å². The van der Waals surface area contributed by atoms with Gasteiger partial charge in [0.1, 0.15) is 5.75 Å². The predicted molar refractivity (Wildman–Crippen MR) is 111 cm³/mol. The van der Waals surface area contributed by atoms with Crippen molar-refractivity contribution in [3.05, 3.63) is 47.0 Å². The Morgan fingerprint density at radius 2 is 1.86 bits per heavy atom. The molecule has 0 heterocycles. The number of methoxy groups -OCH3 is 1. The van der Waals surface area contributed by atoms with E-state index in [1.54, 1.807) is 44.4 Å². The van der Waals surface area contributed by atoms with E-state index in [4.69, 9.17) is 21.1 Å². The normalized spacial score (nSPS) is 10.6. The lowest BCUT2D eigenvalue weighted by molar-refractivity contribution is -0.124. The number of carbonyl (C=O) groups is 2. The molecule has 0 atom stereocenters. The predicted octanol–water partition coefficient (Wildman–Crippen LogP) is 3.32. The lowest BCUT2D eigenvalue weighted by atomic mass is 10.2. The van der Waals surface area contributed by atoms with Crippen molar-refractivity contribution in [1.29, 1.82) is 0 Å². The van der Waals surface area contributed by atoms with Gasteiger partial charge in [0.15, 0.2) is 11.5 Å². The van der Waals surface area contributed by atoms with Crippen molar-refractivity contribution in [3.8, 4) is 17.2 Å². The molecule has 0 bridgehead atoms. The summed E-state index contributed by atoms with van der Waals surface area (Å²) in [5.74, 6) is 0.0473. The van der Waals surface area contributed by atoms with Crippen LogP contribution in [0.2, 0.25) is 5.02 Å². The van der Waals surface area contributed by atoms with Gasteiger partial charge in [-0.05, 0) is 48.9 Å². The van der Waals surface area contributed by atoms with Gasteiger partial charge in [-0.2, -0.15) is 5.10 Å². The summed E-state index contributed by atoms with van der Waals surface area (Å²) in [5.41, 5.74) is 3.49. The van der Waals surface area contributed by atoms with E-state index in [1.165, 1.54) is 12.3 Å². The van der Waals surface area contributed by atoms with E-state index in [1.807, 2.05) is 0 Å². The Kier molecular flexibility index (Phi) is 8.29. The summed E-state index contributed by atoms with van der Waals surface area (Å²) < 4.78 is 10.3. The number of halogens is 1.